The standard InChI is InChI=1S/C25H28N8O/c1-25(2,3)28-13-20(11-26)24(34)27-12-17-5-7-18(8-6-17)22-9-19(21-14-30-32(4)15-21)10-23-31-29-16-33(22)23/h5-11,13-16,26,28H,12H2,1-4H3,(H,27,34)/b20-13+,26-11?. The minimum Gasteiger partial charge on any atom is -0.386 e. The van der Waals surface area contributed by atoms with E-state index >= 15 is 0 Å². The van der Waals surface area contributed by atoms with Gasteiger partial charge in [-0.2, -0.15) is 5.10 Å². The molecule has 0 aliphatic carbocycles. The molecule has 0 unspecified atom stereocenters. The van der Waals surface area contributed by atoms with Crippen LogP contribution in [0.4, 0.5) is 0 Å². The molecule has 0 atom stereocenters. The first-order valence-electron chi connectivity index (χ1n) is 10.9. The molecule has 34 heavy (non-hydrogen) atoms. The summed E-state index contributed by atoms with van der Waals surface area (Å²) in [7, 11) is 1.89. The van der Waals surface area contributed by atoms with E-state index in [2.05, 4.69) is 32.0 Å². The highest BCUT2D eigenvalue weighted by atomic mass is 16.1. The van der Waals surface area contributed by atoms with Crippen molar-refractivity contribution >= 4 is 17.8 Å². The van der Waals surface area contributed by atoms with Gasteiger partial charge >= 0.3 is 0 Å². The summed E-state index contributed by atoms with van der Waals surface area (Å²) in [5.41, 5.74) is 5.76. The lowest BCUT2D eigenvalue weighted by molar-refractivity contribution is -0.117. The highest BCUT2D eigenvalue weighted by Crippen LogP contribution is 2.28. The van der Waals surface area contributed by atoms with Crippen LogP contribution in [0.2, 0.25) is 0 Å². The summed E-state index contributed by atoms with van der Waals surface area (Å²) in [6, 6.07) is 12.1. The van der Waals surface area contributed by atoms with E-state index in [1.807, 2.05) is 74.9 Å². The van der Waals surface area contributed by atoms with Crippen molar-refractivity contribution in [1.82, 2.24) is 35.0 Å². The zero-order chi connectivity index (χ0) is 24.3. The quantitative estimate of drug-likeness (QED) is 0.292. The minimum atomic E-state index is -0.300. The molecule has 3 aromatic heterocycles. The summed E-state index contributed by atoms with van der Waals surface area (Å²) in [5, 5.41) is 26.1. The number of hydrogen-bond donors (Lipinski definition) is 3. The Morgan fingerprint density at radius 2 is 1.88 bits per heavy atom. The van der Waals surface area contributed by atoms with Gasteiger partial charge in [0.05, 0.1) is 17.5 Å². The van der Waals surface area contributed by atoms with E-state index in [0.717, 1.165) is 39.8 Å². The predicted octanol–water partition coefficient (Wildman–Crippen LogP) is 3.33. The largest absolute Gasteiger partial charge is 0.386 e. The lowest BCUT2D eigenvalue weighted by Crippen LogP contribution is -2.33. The van der Waals surface area contributed by atoms with Gasteiger partial charge in [0, 0.05) is 43.3 Å². The summed E-state index contributed by atoms with van der Waals surface area (Å²) < 4.78 is 3.71. The van der Waals surface area contributed by atoms with E-state index in [-0.39, 0.29) is 17.0 Å². The molecule has 1 aromatic carbocycles. The van der Waals surface area contributed by atoms with Crippen LogP contribution in [0, 0.1) is 5.41 Å². The number of amides is 1. The molecule has 0 saturated heterocycles. The Morgan fingerprint density at radius 1 is 1.12 bits per heavy atom. The summed E-state index contributed by atoms with van der Waals surface area (Å²) >= 11 is 0. The van der Waals surface area contributed by atoms with E-state index in [1.165, 1.54) is 0 Å². The van der Waals surface area contributed by atoms with Crippen molar-refractivity contribution in [2.24, 2.45) is 7.05 Å². The first-order valence-corrected chi connectivity index (χ1v) is 10.9. The smallest absolute Gasteiger partial charge is 0.254 e. The maximum Gasteiger partial charge on any atom is 0.254 e. The van der Waals surface area contributed by atoms with Crippen molar-refractivity contribution in [3.05, 3.63) is 72.5 Å². The molecule has 9 heteroatoms. The number of aryl methyl sites for hydroxylation is 1. The minimum absolute atomic E-state index is 0.186. The van der Waals surface area contributed by atoms with Gasteiger partial charge in [-0.05, 0) is 49.6 Å². The van der Waals surface area contributed by atoms with E-state index in [9.17, 15) is 4.79 Å². The summed E-state index contributed by atoms with van der Waals surface area (Å²) in [6.45, 7) is 6.33. The van der Waals surface area contributed by atoms with Crippen LogP contribution in [-0.2, 0) is 18.4 Å². The molecule has 174 valence electrons. The average Bonchev–Trinajstić information content (AvgIpc) is 3.46. The summed E-state index contributed by atoms with van der Waals surface area (Å²) in [4.78, 5) is 12.4. The third-order valence-electron chi connectivity index (χ3n) is 5.23. The van der Waals surface area contributed by atoms with Crippen LogP contribution in [0.5, 0.6) is 0 Å². The topological polar surface area (TPSA) is 113 Å². The third-order valence-corrected chi connectivity index (χ3v) is 5.23. The van der Waals surface area contributed by atoms with Gasteiger partial charge in [-0.3, -0.25) is 13.9 Å². The van der Waals surface area contributed by atoms with Crippen LogP contribution >= 0.6 is 0 Å². The number of nitrogens with one attached hydrogen (secondary N) is 3. The fourth-order valence-corrected chi connectivity index (χ4v) is 3.43. The number of aromatic nitrogens is 5. The Bertz CT molecular complexity index is 1360. The molecule has 0 aliphatic rings. The van der Waals surface area contributed by atoms with Crippen LogP contribution in [0.25, 0.3) is 28.0 Å². The van der Waals surface area contributed by atoms with Crippen molar-refractivity contribution in [3.8, 4) is 22.4 Å². The second kappa shape index (κ2) is 9.30. The first-order chi connectivity index (χ1) is 16.2. The molecule has 4 rings (SSSR count). The van der Waals surface area contributed by atoms with Gasteiger partial charge in [0.2, 0.25) is 0 Å². The number of benzene rings is 1. The van der Waals surface area contributed by atoms with Crippen LogP contribution in [0.3, 0.4) is 0 Å². The number of fused-ring (bicyclic) bond motifs is 1. The monoisotopic (exact) mass is 456 g/mol. The molecule has 0 fully saturated rings. The molecule has 3 heterocycles. The number of carbonyl (C=O) groups excluding carboxylic acids is 1. The number of pyridine rings is 1. The van der Waals surface area contributed by atoms with Crippen LogP contribution < -0.4 is 10.6 Å². The SMILES string of the molecule is Cn1cc(-c2cc(-c3ccc(CNC(=O)/C(C=N)=C/NC(C)(C)C)cc3)n3cnnc3c2)cn1. The van der Waals surface area contributed by atoms with E-state index < -0.39 is 0 Å². The number of carbonyl (C=O) groups is 1. The van der Waals surface area contributed by atoms with Crippen molar-refractivity contribution < 1.29 is 4.79 Å². The molecule has 0 bridgehead atoms. The Morgan fingerprint density at radius 3 is 2.53 bits per heavy atom. The molecule has 0 radical (unpaired) electrons. The van der Waals surface area contributed by atoms with Gasteiger partial charge in [0.1, 0.15) is 6.33 Å². The van der Waals surface area contributed by atoms with Crippen LogP contribution in [0.15, 0.2) is 66.9 Å². The molecule has 0 saturated carbocycles. The Balaban J connectivity index is 1.52. The summed E-state index contributed by atoms with van der Waals surface area (Å²) in [6.07, 6.45) is 8.11. The average molecular weight is 457 g/mol. The Labute approximate surface area is 198 Å². The Hall–Kier alpha value is -4.27. The predicted molar refractivity (Wildman–Crippen MR) is 132 cm³/mol. The second-order valence-electron chi connectivity index (χ2n) is 9.11. The van der Waals surface area contributed by atoms with Gasteiger partial charge in [-0.25, -0.2) is 0 Å². The van der Waals surface area contributed by atoms with Crippen LogP contribution in [0.1, 0.15) is 26.3 Å². The molecule has 3 N–H and O–H groups in total. The fraction of sp³-hybridized carbons (Fsp3) is 0.240. The molecule has 0 spiro atoms. The fourth-order valence-electron chi connectivity index (χ4n) is 3.43. The zero-order valence-electron chi connectivity index (χ0n) is 19.7. The normalized spacial score (nSPS) is 12.1. The third kappa shape index (κ3) is 5.20. The van der Waals surface area contributed by atoms with Crippen molar-refractivity contribution in [2.45, 2.75) is 32.9 Å². The first kappa shape index (κ1) is 22.9. The molecule has 9 nitrogen and oxygen atoms in total. The maximum absolute atomic E-state index is 12.4. The Kier molecular flexibility index (Phi) is 6.27. The van der Waals surface area contributed by atoms with E-state index in [1.54, 1.807) is 17.2 Å². The lowest BCUT2D eigenvalue weighted by Gasteiger charge is -2.19. The van der Waals surface area contributed by atoms with E-state index in [0.29, 0.717) is 6.54 Å². The highest BCUT2D eigenvalue weighted by molar-refractivity contribution is 6.11. The number of nitrogens with zero attached hydrogens (tertiary/aromatic N) is 5. The van der Waals surface area contributed by atoms with Gasteiger partial charge in [0.25, 0.3) is 5.91 Å². The van der Waals surface area contributed by atoms with Gasteiger partial charge in [0.15, 0.2) is 5.65 Å². The van der Waals surface area contributed by atoms with E-state index in [4.69, 9.17) is 5.41 Å². The van der Waals surface area contributed by atoms with Gasteiger partial charge < -0.3 is 16.0 Å². The molecular formula is C25H28N8O. The molecule has 4 aromatic rings. The number of rotatable bonds is 7. The van der Waals surface area contributed by atoms with Crippen molar-refractivity contribution in [3.63, 3.8) is 0 Å². The van der Waals surface area contributed by atoms with Crippen molar-refractivity contribution in [2.75, 3.05) is 0 Å². The zero-order valence-corrected chi connectivity index (χ0v) is 19.7. The van der Waals surface area contributed by atoms with Gasteiger partial charge in [-0.15, -0.1) is 10.2 Å². The molecular weight excluding hydrogens is 428 g/mol. The summed E-state index contributed by atoms with van der Waals surface area (Å²) in [5.74, 6) is -0.300. The molecule has 1 amide bonds. The highest BCUT2D eigenvalue weighted by Gasteiger charge is 2.12. The van der Waals surface area contributed by atoms with Crippen LogP contribution in [-0.4, -0.2) is 42.0 Å². The second-order valence-corrected chi connectivity index (χ2v) is 9.11. The number of hydrogen-bond acceptors (Lipinski definition) is 6. The van der Waals surface area contributed by atoms with Crippen molar-refractivity contribution in [1.29, 1.82) is 5.41 Å². The maximum atomic E-state index is 12.4. The molecule has 0 aliphatic heterocycles. The van der Waals surface area contributed by atoms with Gasteiger partial charge in [-0.1, -0.05) is 24.3 Å². The lowest BCUT2D eigenvalue weighted by atomic mass is 10.0.